The SMILES string of the molecule is CCOC(=O)c1ccc(NC(=O)COC(=O)c2cc([N+](=O)[O-])ccc2N(C)C)cc1. The molecule has 0 spiro atoms. The van der Waals surface area contributed by atoms with Gasteiger partial charge in [-0.2, -0.15) is 0 Å². The van der Waals surface area contributed by atoms with Crippen LogP contribution in [0.25, 0.3) is 0 Å². The number of anilines is 2. The molecule has 0 heterocycles. The predicted molar refractivity (Wildman–Crippen MR) is 109 cm³/mol. The summed E-state index contributed by atoms with van der Waals surface area (Å²) in [5.74, 6) is -1.95. The van der Waals surface area contributed by atoms with Crippen molar-refractivity contribution >= 4 is 34.9 Å². The Balaban J connectivity index is 2.01. The molecule has 30 heavy (non-hydrogen) atoms. The van der Waals surface area contributed by atoms with Gasteiger partial charge < -0.3 is 19.7 Å². The number of hydrogen-bond donors (Lipinski definition) is 1. The van der Waals surface area contributed by atoms with Crippen molar-refractivity contribution in [3.63, 3.8) is 0 Å². The van der Waals surface area contributed by atoms with E-state index < -0.39 is 29.4 Å². The molecule has 10 heteroatoms. The van der Waals surface area contributed by atoms with Gasteiger partial charge in [0, 0.05) is 31.9 Å². The monoisotopic (exact) mass is 415 g/mol. The molecule has 0 saturated heterocycles. The number of esters is 2. The molecule has 1 amide bonds. The molecule has 2 rings (SSSR count). The number of nitrogens with one attached hydrogen (secondary N) is 1. The average Bonchev–Trinajstić information content (AvgIpc) is 2.72. The molecule has 158 valence electrons. The van der Waals surface area contributed by atoms with Crippen LogP contribution in [0.2, 0.25) is 0 Å². The molecular weight excluding hydrogens is 394 g/mol. The molecule has 0 aliphatic carbocycles. The summed E-state index contributed by atoms with van der Waals surface area (Å²) in [6, 6.07) is 9.81. The number of carbonyl (C=O) groups is 3. The van der Waals surface area contributed by atoms with E-state index in [2.05, 4.69) is 5.32 Å². The van der Waals surface area contributed by atoms with Crippen molar-refractivity contribution < 1.29 is 28.8 Å². The van der Waals surface area contributed by atoms with Crippen molar-refractivity contribution in [1.29, 1.82) is 0 Å². The molecule has 10 nitrogen and oxygen atoms in total. The highest BCUT2D eigenvalue weighted by Gasteiger charge is 2.20. The van der Waals surface area contributed by atoms with Crippen molar-refractivity contribution in [2.75, 3.05) is 37.5 Å². The lowest BCUT2D eigenvalue weighted by Crippen LogP contribution is -2.22. The third kappa shape index (κ3) is 5.77. The van der Waals surface area contributed by atoms with E-state index in [-0.39, 0.29) is 17.9 Å². The van der Waals surface area contributed by atoms with Gasteiger partial charge in [-0.1, -0.05) is 0 Å². The Morgan fingerprint density at radius 3 is 2.27 bits per heavy atom. The van der Waals surface area contributed by atoms with Gasteiger partial charge in [0.25, 0.3) is 11.6 Å². The van der Waals surface area contributed by atoms with E-state index in [0.717, 1.165) is 6.07 Å². The van der Waals surface area contributed by atoms with E-state index in [4.69, 9.17) is 9.47 Å². The molecule has 0 fully saturated rings. The lowest BCUT2D eigenvalue weighted by atomic mass is 10.1. The van der Waals surface area contributed by atoms with Gasteiger partial charge in [0.2, 0.25) is 0 Å². The number of amides is 1. The number of rotatable bonds is 8. The van der Waals surface area contributed by atoms with Crippen LogP contribution in [0, 0.1) is 10.1 Å². The first-order valence-electron chi connectivity index (χ1n) is 8.92. The maximum Gasteiger partial charge on any atom is 0.341 e. The van der Waals surface area contributed by atoms with Crippen molar-refractivity contribution in [2.24, 2.45) is 0 Å². The molecule has 0 aliphatic rings. The quantitative estimate of drug-likeness (QED) is 0.396. The highest BCUT2D eigenvalue weighted by atomic mass is 16.6. The zero-order valence-corrected chi connectivity index (χ0v) is 16.7. The van der Waals surface area contributed by atoms with Crippen LogP contribution in [-0.2, 0) is 14.3 Å². The molecule has 2 aromatic carbocycles. The van der Waals surface area contributed by atoms with Gasteiger partial charge in [-0.3, -0.25) is 14.9 Å². The zero-order valence-electron chi connectivity index (χ0n) is 16.7. The topological polar surface area (TPSA) is 128 Å². The van der Waals surface area contributed by atoms with Crippen LogP contribution in [0.5, 0.6) is 0 Å². The highest BCUT2D eigenvalue weighted by molar-refractivity contribution is 5.99. The van der Waals surface area contributed by atoms with Gasteiger partial charge in [-0.05, 0) is 37.3 Å². The van der Waals surface area contributed by atoms with Gasteiger partial charge in [-0.15, -0.1) is 0 Å². The molecule has 0 unspecified atom stereocenters. The lowest BCUT2D eigenvalue weighted by molar-refractivity contribution is -0.384. The molecule has 0 atom stereocenters. The second-order valence-electron chi connectivity index (χ2n) is 6.28. The number of hydrogen-bond acceptors (Lipinski definition) is 8. The maximum atomic E-state index is 12.4. The minimum atomic E-state index is -0.866. The summed E-state index contributed by atoms with van der Waals surface area (Å²) >= 11 is 0. The summed E-state index contributed by atoms with van der Waals surface area (Å²) in [6.07, 6.45) is 0. The van der Waals surface area contributed by atoms with Crippen LogP contribution in [0.1, 0.15) is 27.6 Å². The fourth-order valence-electron chi connectivity index (χ4n) is 2.50. The Morgan fingerprint density at radius 1 is 1.03 bits per heavy atom. The molecule has 0 saturated carbocycles. The van der Waals surface area contributed by atoms with E-state index in [0.29, 0.717) is 16.9 Å². The lowest BCUT2D eigenvalue weighted by Gasteiger charge is -2.16. The fraction of sp³-hybridized carbons (Fsp3) is 0.250. The van der Waals surface area contributed by atoms with E-state index in [1.54, 1.807) is 25.9 Å². The highest BCUT2D eigenvalue weighted by Crippen LogP contribution is 2.25. The smallest absolute Gasteiger partial charge is 0.341 e. The van der Waals surface area contributed by atoms with Gasteiger partial charge in [0.1, 0.15) is 0 Å². The van der Waals surface area contributed by atoms with Crippen LogP contribution in [0.4, 0.5) is 17.1 Å². The predicted octanol–water partition coefficient (Wildman–Crippen LogP) is 2.63. The number of non-ortho nitro benzene ring substituents is 1. The van der Waals surface area contributed by atoms with Crippen molar-refractivity contribution in [3.8, 4) is 0 Å². The molecule has 0 bridgehead atoms. The number of carbonyl (C=O) groups excluding carboxylic acids is 3. The first-order valence-corrected chi connectivity index (χ1v) is 8.92. The van der Waals surface area contributed by atoms with E-state index in [1.165, 1.54) is 36.4 Å². The molecule has 0 radical (unpaired) electrons. The van der Waals surface area contributed by atoms with Crippen LogP contribution >= 0.6 is 0 Å². The Morgan fingerprint density at radius 2 is 1.70 bits per heavy atom. The van der Waals surface area contributed by atoms with E-state index in [1.807, 2.05) is 0 Å². The minimum absolute atomic E-state index is 0.0270. The summed E-state index contributed by atoms with van der Waals surface area (Å²) in [5, 5.41) is 13.5. The van der Waals surface area contributed by atoms with E-state index >= 15 is 0 Å². The second kappa shape index (κ2) is 10.0. The second-order valence-corrected chi connectivity index (χ2v) is 6.28. The molecular formula is C20H21N3O7. The Bertz CT molecular complexity index is 955. The third-order valence-corrected chi connectivity index (χ3v) is 3.91. The first-order chi connectivity index (χ1) is 14.2. The molecule has 2 aromatic rings. The Kier molecular flexibility index (Phi) is 7.45. The number of nitro benzene ring substituents is 1. The van der Waals surface area contributed by atoms with Crippen LogP contribution < -0.4 is 10.2 Å². The summed E-state index contributed by atoms with van der Waals surface area (Å²) in [7, 11) is 3.34. The summed E-state index contributed by atoms with van der Waals surface area (Å²) in [4.78, 5) is 48.0. The van der Waals surface area contributed by atoms with Gasteiger partial charge >= 0.3 is 11.9 Å². The van der Waals surface area contributed by atoms with Gasteiger partial charge in [-0.25, -0.2) is 9.59 Å². The summed E-state index contributed by atoms with van der Waals surface area (Å²) < 4.78 is 9.88. The number of nitrogens with zero attached hydrogens (tertiary/aromatic N) is 2. The zero-order chi connectivity index (χ0) is 22.3. The van der Waals surface area contributed by atoms with Gasteiger partial charge in [0.15, 0.2) is 6.61 Å². The van der Waals surface area contributed by atoms with Crippen molar-refractivity contribution in [2.45, 2.75) is 6.92 Å². The number of benzene rings is 2. The first kappa shape index (κ1) is 22.3. The summed E-state index contributed by atoms with van der Waals surface area (Å²) in [6.45, 7) is 1.36. The van der Waals surface area contributed by atoms with E-state index in [9.17, 15) is 24.5 Å². The van der Waals surface area contributed by atoms with Crippen LogP contribution in [-0.4, -0.2) is 50.1 Å². The van der Waals surface area contributed by atoms with Crippen LogP contribution in [0.3, 0.4) is 0 Å². The van der Waals surface area contributed by atoms with Gasteiger partial charge in [0.05, 0.1) is 28.3 Å². The fourth-order valence-corrected chi connectivity index (χ4v) is 2.50. The average molecular weight is 415 g/mol. The van der Waals surface area contributed by atoms with Crippen molar-refractivity contribution in [1.82, 2.24) is 0 Å². The van der Waals surface area contributed by atoms with Crippen molar-refractivity contribution in [3.05, 3.63) is 63.7 Å². The number of nitro groups is 1. The number of ether oxygens (including phenoxy) is 2. The normalized spacial score (nSPS) is 10.1. The maximum absolute atomic E-state index is 12.4. The van der Waals surface area contributed by atoms with Crippen LogP contribution in [0.15, 0.2) is 42.5 Å². The summed E-state index contributed by atoms with van der Waals surface area (Å²) in [5.41, 5.74) is 0.858. The Hall–Kier alpha value is -3.95. The Labute approximate surface area is 172 Å². The molecule has 0 aromatic heterocycles. The molecule has 1 N–H and O–H groups in total. The minimum Gasteiger partial charge on any atom is -0.462 e. The molecule has 0 aliphatic heterocycles. The largest absolute Gasteiger partial charge is 0.462 e. The standard InChI is InChI=1S/C20H21N3O7/c1-4-29-19(25)13-5-7-14(8-6-13)21-18(24)12-30-20(26)16-11-15(23(27)28)9-10-17(16)22(2)3/h5-11H,4,12H2,1-3H3,(H,21,24). The third-order valence-electron chi connectivity index (χ3n) is 3.91.